The van der Waals surface area contributed by atoms with Crippen molar-refractivity contribution in [1.29, 1.82) is 0 Å². The van der Waals surface area contributed by atoms with E-state index in [0.29, 0.717) is 16.9 Å². The van der Waals surface area contributed by atoms with Gasteiger partial charge in [0.1, 0.15) is 0 Å². The maximum atomic E-state index is 12.6. The van der Waals surface area contributed by atoms with E-state index >= 15 is 0 Å². The smallest absolute Gasteiger partial charge is 0.261 e. The summed E-state index contributed by atoms with van der Waals surface area (Å²) in [5.41, 5.74) is 3.34. The van der Waals surface area contributed by atoms with E-state index in [4.69, 9.17) is 0 Å². The number of sulfonamides is 1. The van der Waals surface area contributed by atoms with Crippen molar-refractivity contribution >= 4 is 43.2 Å². The minimum absolute atomic E-state index is 0.0899. The molecule has 0 bridgehead atoms. The number of hydrogen-bond acceptors (Lipinski definition) is 3. The molecule has 0 aliphatic rings. The van der Waals surface area contributed by atoms with E-state index in [1.165, 1.54) is 24.3 Å². The summed E-state index contributed by atoms with van der Waals surface area (Å²) in [6.07, 6.45) is 0. The van der Waals surface area contributed by atoms with Gasteiger partial charge >= 0.3 is 0 Å². The van der Waals surface area contributed by atoms with Crippen LogP contribution < -0.4 is 10.0 Å². The van der Waals surface area contributed by atoms with E-state index in [1.807, 2.05) is 44.2 Å². The maximum Gasteiger partial charge on any atom is 0.261 e. The van der Waals surface area contributed by atoms with Crippen LogP contribution in [-0.4, -0.2) is 14.3 Å². The summed E-state index contributed by atoms with van der Waals surface area (Å²) >= 11 is 3.39. The van der Waals surface area contributed by atoms with Gasteiger partial charge in [-0.05, 0) is 73.5 Å². The standard InChI is InChI=1S/C21H19BrN2O3S/c1-14-5-3-4-6-20(14)24-28(26,27)18-10-7-16(8-11-18)21(25)23-19-12-9-17(22)13-15(19)2/h3-13,24H,1-2H3,(H,23,25). The highest BCUT2D eigenvalue weighted by Gasteiger charge is 2.16. The van der Waals surface area contributed by atoms with E-state index < -0.39 is 10.0 Å². The van der Waals surface area contributed by atoms with Gasteiger partial charge in [0.05, 0.1) is 10.6 Å². The fourth-order valence-electron chi connectivity index (χ4n) is 2.64. The SMILES string of the molecule is Cc1cc(Br)ccc1NC(=O)c1ccc(S(=O)(=O)Nc2ccccc2C)cc1. The second-order valence-electron chi connectivity index (χ2n) is 6.36. The molecule has 1 amide bonds. The van der Waals surface area contributed by atoms with E-state index in [9.17, 15) is 13.2 Å². The van der Waals surface area contributed by atoms with Crippen molar-refractivity contribution in [3.63, 3.8) is 0 Å². The first-order valence-corrected chi connectivity index (χ1v) is 10.8. The lowest BCUT2D eigenvalue weighted by Crippen LogP contribution is -2.15. The summed E-state index contributed by atoms with van der Waals surface area (Å²) in [5, 5.41) is 2.83. The number of carbonyl (C=O) groups excluding carboxylic acids is 1. The fraction of sp³-hybridized carbons (Fsp3) is 0.0952. The molecule has 0 heterocycles. The van der Waals surface area contributed by atoms with Gasteiger partial charge in [-0.1, -0.05) is 34.1 Å². The molecule has 0 aromatic heterocycles. The average Bonchev–Trinajstić information content (AvgIpc) is 2.66. The molecule has 5 nitrogen and oxygen atoms in total. The third-order valence-electron chi connectivity index (χ3n) is 4.25. The van der Waals surface area contributed by atoms with E-state index in [0.717, 1.165) is 15.6 Å². The molecule has 0 aliphatic heterocycles. The van der Waals surface area contributed by atoms with Crippen molar-refractivity contribution in [2.75, 3.05) is 10.0 Å². The number of carbonyl (C=O) groups is 1. The molecule has 0 spiro atoms. The monoisotopic (exact) mass is 458 g/mol. The number of amides is 1. The molecule has 0 atom stereocenters. The lowest BCUT2D eigenvalue weighted by molar-refractivity contribution is 0.102. The first-order chi connectivity index (χ1) is 13.3. The molecule has 144 valence electrons. The summed E-state index contributed by atoms with van der Waals surface area (Å²) in [4.78, 5) is 12.5. The molecule has 3 aromatic carbocycles. The Bertz CT molecular complexity index is 1130. The van der Waals surface area contributed by atoms with Gasteiger partial charge in [0.2, 0.25) is 0 Å². The molecule has 0 fully saturated rings. The van der Waals surface area contributed by atoms with E-state index in [-0.39, 0.29) is 10.8 Å². The van der Waals surface area contributed by atoms with Crippen molar-refractivity contribution in [1.82, 2.24) is 0 Å². The summed E-state index contributed by atoms with van der Waals surface area (Å²) in [5.74, 6) is -0.304. The predicted molar refractivity (Wildman–Crippen MR) is 115 cm³/mol. The van der Waals surface area contributed by atoms with Crippen LogP contribution in [-0.2, 0) is 10.0 Å². The van der Waals surface area contributed by atoms with Crippen molar-refractivity contribution in [3.05, 3.63) is 87.9 Å². The normalized spacial score (nSPS) is 11.1. The van der Waals surface area contributed by atoms with Gasteiger partial charge < -0.3 is 5.32 Å². The highest BCUT2D eigenvalue weighted by molar-refractivity contribution is 9.10. The van der Waals surface area contributed by atoms with Crippen molar-refractivity contribution in [3.8, 4) is 0 Å². The number of halogens is 1. The maximum absolute atomic E-state index is 12.6. The minimum atomic E-state index is -3.74. The van der Waals surface area contributed by atoms with Gasteiger partial charge in [0, 0.05) is 15.7 Å². The number of rotatable bonds is 5. The zero-order valence-corrected chi connectivity index (χ0v) is 17.8. The van der Waals surface area contributed by atoms with Gasteiger partial charge in [0.15, 0.2) is 0 Å². The first-order valence-electron chi connectivity index (χ1n) is 8.52. The van der Waals surface area contributed by atoms with Crippen LogP contribution in [0.2, 0.25) is 0 Å². The van der Waals surface area contributed by atoms with Gasteiger partial charge in [-0.2, -0.15) is 0 Å². The molecule has 3 aromatic rings. The molecular formula is C21H19BrN2O3S. The summed E-state index contributed by atoms with van der Waals surface area (Å²) in [7, 11) is -3.74. The third kappa shape index (κ3) is 4.61. The molecule has 0 radical (unpaired) electrons. The molecule has 7 heteroatoms. The number of anilines is 2. The van der Waals surface area contributed by atoms with Crippen LogP contribution in [0.4, 0.5) is 11.4 Å². The number of para-hydroxylation sites is 1. The van der Waals surface area contributed by atoms with Crippen LogP contribution in [0.5, 0.6) is 0 Å². The van der Waals surface area contributed by atoms with Crippen LogP contribution in [0.15, 0.2) is 76.1 Å². The molecule has 28 heavy (non-hydrogen) atoms. The second kappa shape index (κ2) is 8.16. The van der Waals surface area contributed by atoms with Crippen molar-refractivity contribution < 1.29 is 13.2 Å². The molecule has 0 saturated carbocycles. The Morgan fingerprint density at radius 1 is 0.857 bits per heavy atom. The number of nitrogens with one attached hydrogen (secondary N) is 2. The van der Waals surface area contributed by atoms with Crippen LogP contribution in [0.1, 0.15) is 21.5 Å². The summed E-state index contributed by atoms with van der Waals surface area (Å²) in [6, 6.07) is 18.5. The van der Waals surface area contributed by atoms with Crippen LogP contribution in [0.25, 0.3) is 0 Å². The number of benzene rings is 3. The average molecular weight is 459 g/mol. The Morgan fingerprint density at radius 2 is 1.54 bits per heavy atom. The highest BCUT2D eigenvalue weighted by atomic mass is 79.9. The first kappa shape index (κ1) is 20.1. The highest BCUT2D eigenvalue weighted by Crippen LogP contribution is 2.22. The quantitative estimate of drug-likeness (QED) is 0.556. The van der Waals surface area contributed by atoms with Gasteiger partial charge in [-0.15, -0.1) is 0 Å². The Balaban J connectivity index is 1.77. The largest absolute Gasteiger partial charge is 0.322 e. The third-order valence-corrected chi connectivity index (χ3v) is 6.13. The second-order valence-corrected chi connectivity index (χ2v) is 8.96. The molecule has 0 unspecified atom stereocenters. The van der Waals surface area contributed by atoms with Crippen molar-refractivity contribution in [2.45, 2.75) is 18.7 Å². The Hall–Kier alpha value is -2.64. The summed E-state index contributed by atoms with van der Waals surface area (Å²) < 4.78 is 28.7. The number of hydrogen-bond donors (Lipinski definition) is 2. The topological polar surface area (TPSA) is 75.3 Å². The molecule has 0 saturated heterocycles. The fourth-order valence-corrected chi connectivity index (χ4v) is 4.24. The Morgan fingerprint density at radius 3 is 2.18 bits per heavy atom. The number of aryl methyl sites for hydroxylation is 2. The predicted octanol–water partition coefficient (Wildman–Crippen LogP) is 5.12. The van der Waals surface area contributed by atoms with Crippen LogP contribution in [0.3, 0.4) is 0 Å². The van der Waals surface area contributed by atoms with E-state index in [2.05, 4.69) is 26.0 Å². The zero-order valence-electron chi connectivity index (χ0n) is 15.4. The zero-order chi connectivity index (χ0) is 20.3. The summed E-state index contributed by atoms with van der Waals surface area (Å²) in [6.45, 7) is 3.72. The Kier molecular flexibility index (Phi) is 5.86. The van der Waals surface area contributed by atoms with Gasteiger partial charge in [-0.3, -0.25) is 9.52 Å². The molecular weight excluding hydrogens is 440 g/mol. The lowest BCUT2D eigenvalue weighted by Gasteiger charge is -2.11. The van der Waals surface area contributed by atoms with Gasteiger partial charge in [-0.25, -0.2) is 8.42 Å². The molecule has 0 aliphatic carbocycles. The van der Waals surface area contributed by atoms with Crippen LogP contribution in [0, 0.1) is 13.8 Å². The minimum Gasteiger partial charge on any atom is -0.322 e. The molecule has 3 rings (SSSR count). The van der Waals surface area contributed by atoms with Crippen LogP contribution >= 0.6 is 15.9 Å². The Labute approximate surface area is 173 Å². The van der Waals surface area contributed by atoms with Gasteiger partial charge in [0.25, 0.3) is 15.9 Å². The lowest BCUT2D eigenvalue weighted by atomic mass is 10.1. The van der Waals surface area contributed by atoms with Crippen molar-refractivity contribution in [2.24, 2.45) is 0 Å². The van der Waals surface area contributed by atoms with E-state index in [1.54, 1.807) is 12.1 Å². The molecule has 2 N–H and O–H groups in total.